The predicted molar refractivity (Wildman–Crippen MR) is 126 cm³/mol. The number of amides is 1. The van der Waals surface area contributed by atoms with E-state index < -0.39 is 0 Å². The Morgan fingerprint density at radius 2 is 1.53 bits per heavy atom. The number of nitrogens with one attached hydrogen (secondary N) is 1. The van der Waals surface area contributed by atoms with Crippen molar-refractivity contribution in [2.24, 2.45) is 0 Å². The lowest BCUT2D eigenvalue weighted by Gasteiger charge is -2.19. The molecule has 0 saturated heterocycles. The molecular weight excluding hydrogens is 421 g/mol. The Morgan fingerprint density at radius 1 is 0.844 bits per heavy atom. The minimum atomic E-state index is -0.291. The first kappa shape index (κ1) is 21.7. The van der Waals surface area contributed by atoms with Crippen molar-refractivity contribution in [2.75, 3.05) is 5.75 Å². The number of hydrogen-bond donors (Lipinski definition) is 1. The van der Waals surface area contributed by atoms with Gasteiger partial charge in [-0.25, -0.2) is 4.39 Å². The highest BCUT2D eigenvalue weighted by molar-refractivity contribution is 7.99. The second-order valence-corrected chi connectivity index (χ2v) is 8.27. The third-order valence-corrected chi connectivity index (χ3v) is 5.87. The van der Waals surface area contributed by atoms with E-state index in [4.69, 9.17) is 0 Å². The van der Waals surface area contributed by atoms with Crippen molar-refractivity contribution >= 4 is 17.7 Å². The molecule has 0 saturated carbocycles. The number of halogens is 1. The van der Waals surface area contributed by atoms with Gasteiger partial charge in [0.1, 0.15) is 10.8 Å². The van der Waals surface area contributed by atoms with Crippen LogP contribution in [0.3, 0.4) is 0 Å². The van der Waals surface area contributed by atoms with Gasteiger partial charge in [-0.15, -0.1) is 10.2 Å². The number of thioether (sulfide) groups is 1. The highest BCUT2D eigenvalue weighted by atomic mass is 32.2. The molecule has 3 aromatic carbocycles. The smallest absolute Gasteiger partial charge is 0.230 e. The Bertz CT molecular complexity index is 1140. The minimum absolute atomic E-state index is 0.0656. The van der Waals surface area contributed by atoms with Gasteiger partial charge < -0.3 is 5.32 Å². The largest absolute Gasteiger partial charge is 0.348 e. The minimum Gasteiger partial charge on any atom is -0.348 e. The van der Waals surface area contributed by atoms with Crippen LogP contribution in [0.1, 0.15) is 17.2 Å². The Kier molecular flexibility index (Phi) is 7.25. The van der Waals surface area contributed by atoms with E-state index in [1.54, 1.807) is 12.1 Å². The van der Waals surface area contributed by atoms with Crippen molar-refractivity contribution in [3.63, 3.8) is 0 Å². The zero-order valence-corrected chi connectivity index (χ0v) is 18.1. The summed E-state index contributed by atoms with van der Waals surface area (Å²) >= 11 is 1.33. The first-order chi connectivity index (χ1) is 15.7. The van der Waals surface area contributed by atoms with Gasteiger partial charge in [-0.1, -0.05) is 72.4 Å². The third-order valence-electron chi connectivity index (χ3n) is 4.95. The average Bonchev–Trinajstić information content (AvgIpc) is 2.84. The quantitative estimate of drug-likeness (QED) is 0.367. The number of nitrogens with zero attached hydrogens (tertiary/aromatic N) is 2. The fourth-order valence-corrected chi connectivity index (χ4v) is 3.96. The summed E-state index contributed by atoms with van der Waals surface area (Å²) in [5.41, 5.74) is 3.68. The number of benzene rings is 3. The molecular formula is C26H22FN3OS. The SMILES string of the molecule is O=C(CSc1ccc(-c2ccc(F)cc2)nn1)NC(Cc1ccccc1)c1ccccc1. The van der Waals surface area contributed by atoms with Crippen LogP contribution in [-0.4, -0.2) is 21.9 Å². The Morgan fingerprint density at radius 3 is 2.19 bits per heavy atom. The molecule has 0 aliphatic carbocycles. The first-order valence-corrected chi connectivity index (χ1v) is 11.3. The van der Waals surface area contributed by atoms with Crippen LogP contribution in [0, 0.1) is 5.82 Å². The molecule has 0 aliphatic rings. The van der Waals surface area contributed by atoms with Gasteiger partial charge in [0.2, 0.25) is 5.91 Å². The van der Waals surface area contributed by atoms with Gasteiger partial charge in [0.25, 0.3) is 0 Å². The van der Waals surface area contributed by atoms with E-state index >= 15 is 0 Å². The summed E-state index contributed by atoms with van der Waals surface area (Å²) in [5, 5.41) is 12.2. The molecule has 32 heavy (non-hydrogen) atoms. The standard InChI is InChI=1S/C26H22FN3OS/c27-22-13-11-21(12-14-22)23-15-16-26(30-29-23)32-18-25(31)28-24(20-9-5-2-6-10-20)17-19-7-3-1-4-8-19/h1-16,24H,17-18H2,(H,28,31). The molecule has 1 heterocycles. The fourth-order valence-electron chi connectivity index (χ4n) is 3.33. The van der Waals surface area contributed by atoms with E-state index in [0.717, 1.165) is 16.7 Å². The zero-order chi connectivity index (χ0) is 22.2. The maximum absolute atomic E-state index is 13.1. The summed E-state index contributed by atoms with van der Waals surface area (Å²) in [6, 6.07) is 29.7. The average molecular weight is 444 g/mol. The van der Waals surface area contributed by atoms with E-state index in [-0.39, 0.29) is 23.5 Å². The molecule has 6 heteroatoms. The van der Waals surface area contributed by atoms with Crippen molar-refractivity contribution in [1.29, 1.82) is 0 Å². The number of rotatable bonds is 8. The molecule has 0 bridgehead atoms. The highest BCUT2D eigenvalue weighted by Gasteiger charge is 2.16. The monoisotopic (exact) mass is 443 g/mol. The second-order valence-electron chi connectivity index (χ2n) is 7.27. The maximum atomic E-state index is 13.1. The van der Waals surface area contributed by atoms with Crippen molar-refractivity contribution < 1.29 is 9.18 Å². The van der Waals surface area contributed by atoms with Crippen molar-refractivity contribution in [3.8, 4) is 11.3 Å². The molecule has 4 nitrogen and oxygen atoms in total. The third kappa shape index (κ3) is 6.02. The van der Waals surface area contributed by atoms with Crippen LogP contribution in [0.4, 0.5) is 4.39 Å². The lowest BCUT2D eigenvalue weighted by molar-refractivity contribution is -0.119. The maximum Gasteiger partial charge on any atom is 0.230 e. The van der Waals surface area contributed by atoms with Gasteiger partial charge in [0.05, 0.1) is 17.5 Å². The molecule has 1 aromatic heterocycles. The van der Waals surface area contributed by atoms with E-state index in [1.165, 1.54) is 23.9 Å². The fraction of sp³-hybridized carbons (Fsp3) is 0.115. The van der Waals surface area contributed by atoms with Gasteiger partial charge >= 0.3 is 0 Å². The topological polar surface area (TPSA) is 54.9 Å². The molecule has 160 valence electrons. The summed E-state index contributed by atoms with van der Waals surface area (Å²) in [6.45, 7) is 0. The Labute approximate surface area is 190 Å². The van der Waals surface area contributed by atoms with E-state index in [2.05, 4.69) is 27.6 Å². The molecule has 0 fully saturated rings. The van der Waals surface area contributed by atoms with E-state index in [9.17, 15) is 9.18 Å². The van der Waals surface area contributed by atoms with Crippen LogP contribution >= 0.6 is 11.8 Å². The summed E-state index contributed by atoms with van der Waals surface area (Å²) in [4.78, 5) is 12.7. The molecule has 1 amide bonds. The predicted octanol–water partition coefficient (Wildman–Crippen LogP) is 5.48. The normalized spacial score (nSPS) is 11.7. The van der Waals surface area contributed by atoms with Gasteiger partial charge in [0, 0.05) is 5.56 Å². The highest BCUT2D eigenvalue weighted by Crippen LogP contribution is 2.22. The Hall–Kier alpha value is -3.51. The summed E-state index contributed by atoms with van der Waals surface area (Å²) in [6.07, 6.45) is 0.716. The molecule has 1 atom stereocenters. The molecule has 0 aliphatic heterocycles. The summed E-state index contributed by atoms with van der Waals surface area (Å²) < 4.78 is 13.1. The first-order valence-electron chi connectivity index (χ1n) is 10.3. The molecule has 0 radical (unpaired) electrons. The van der Waals surface area contributed by atoms with Crippen molar-refractivity contribution in [2.45, 2.75) is 17.5 Å². The number of aromatic nitrogens is 2. The van der Waals surface area contributed by atoms with Gasteiger partial charge in [-0.05, 0) is 53.9 Å². The summed E-state index contributed by atoms with van der Waals surface area (Å²) in [5.74, 6) is -0.118. The van der Waals surface area contributed by atoms with Gasteiger partial charge in [-0.2, -0.15) is 0 Å². The molecule has 1 unspecified atom stereocenters. The van der Waals surface area contributed by atoms with Crippen LogP contribution in [0.2, 0.25) is 0 Å². The van der Waals surface area contributed by atoms with Crippen LogP contribution in [-0.2, 0) is 11.2 Å². The second kappa shape index (κ2) is 10.7. The van der Waals surface area contributed by atoms with Gasteiger partial charge in [-0.3, -0.25) is 4.79 Å². The van der Waals surface area contributed by atoms with E-state index in [1.807, 2.05) is 60.7 Å². The van der Waals surface area contributed by atoms with Crippen LogP contribution in [0.25, 0.3) is 11.3 Å². The number of hydrogen-bond acceptors (Lipinski definition) is 4. The molecule has 0 spiro atoms. The summed E-state index contributed by atoms with van der Waals surface area (Å²) in [7, 11) is 0. The van der Waals surface area contributed by atoms with Crippen LogP contribution in [0.15, 0.2) is 102 Å². The lowest BCUT2D eigenvalue weighted by atomic mass is 9.99. The zero-order valence-electron chi connectivity index (χ0n) is 17.3. The molecule has 4 aromatic rings. The number of carbonyl (C=O) groups excluding carboxylic acids is 1. The molecule has 4 rings (SSSR count). The van der Waals surface area contributed by atoms with Crippen molar-refractivity contribution in [3.05, 3.63) is 114 Å². The van der Waals surface area contributed by atoms with Crippen molar-refractivity contribution in [1.82, 2.24) is 15.5 Å². The number of carbonyl (C=O) groups is 1. The van der Waals surface area contributed by atoms with Crippen LogP contribution < -0.4 is 5.32 Å². The van der Waals surface area contributed by atoms with E-state index in [0.29, 0.717) is 17.1 Å². The lowest BCUT2D eigenvalue weighted by Crippen LogP contribution is -2.31. The molecule has 1 N–H and O–H groups in total. The Balaban J connectivity index is 1.37. The van der Waals surface area contributed by atoms with Crippen LogP contribution in [0.5, 0.6) is 0 Å². The van der Waals surface area contributed by atoms with Gasteiger partial charge in [0.15, 0.2) is 0 Å².